The highest BCUT2D eigenvalue weighted by Crippen LogP contribution is 2.30. The number of nitrogens with zero attached hydrogens (tertiary/aromatic N) is 1. The number of carbonyl (C=O) groups excluding carboxylic acids is 1. The molecule has 1 amide bonds. The van der Waals surface area contributed by atoms with Crippen molar-refractivity contribution in [2.75, 3.05) is 5.32 Å². The van der Waals surface area contributed by atoms with Gasteiger partial charge in [0.15, 0.2) is 0 Å². The van der Waals surface area contributed by atoms with Crippen molar-refractivity contribution in [3.05, 3.63) is 65.4 Å². The summed E-state index contributed by atoms with van der Waals surface area (Å²) in [5.41, 5.74) is 1.18. The Morgan fingerprint density at radius 3 is 2.64 bits per heavy atom. The van der Waals surface area contributed by atoms with E-state index in [1.807, 2.05) is 6.92 Å². The maximum absolute atomic E-state index is 12.6. The Balaban J connectivity index is 2.24. The number of hydrogen-bond donors (Lipinski definition) is 1. The van der Waals surface area contributed by atoms with E-state index in [9.17, 15) is 18.0 Å². The summed E-state index contributed by atoms with van der Waals surface area (Å²) in [5, 5.41) is 2.36. The first-order valence-electron chi connectivity index (χ1n) is 6.39. The molecule has 0 spiro atoms. The first kappa shape index (κ1) is 15.8. The van der Waals surface area contributed by atoms with Crippen LogP contribution in [0.1, 0.15) is 27.0 Å². The first-order chi connectivity index (χ1) is 10.3. The van der Waals surface area contributed by atoms with Gasteiger partial charge in [0, 0.05) is 11.8 Å². The van der Waals surface area contributed by atoms with E-state index in [0.29, 0.717) is 5.56 Å². The average Bonchev–Trinajstić information content (AvgIpc) is 2.47. The van der Waals surface area contributed by atoms with Crippen LogP contribution in [-0.2, 0) is 6.18 Å². The molecule has 2 rings (SSSR count). The minimum absolute atomic E-state index is 0.152. The third kappa shape index (κ3) is 3.52. The third-order valence-corrected chi connectivity index (χ3v) is 3.09. The second-order valence-electron chi connectivity index (χ2n) is 4.66. The number of aromatic nitrogens is 1. The van der Waals surface area contributed by atoms with Crippen molar-refractivity contribution in [2.24, 2.45) is 0 Å². The zero-order valence-corrected chi connectivity index (χ0v) is 11.7. The Morgan fingerprint density at radius 1 is 1.27 bits per heavy atom. The van der Waals surface area contributed by atoms with Crippen LogP contribution in [0.5, 0.6) is 0 Å². The van der Waals surface area contributed by atoms with E-state index in [1.54, 1.807) is 24.3 Å². The van der Waals surface area contributed by atoms with Crippen LogP contribution in [0.2, 0.25) is 0 Å². The van der Waals surface area contributed by atoms with Gasteiger partial charge in [0.2, 0.25) is 0 Å². The molecule has 1 N–H and O–H groups in total. The maximum Gasteiger partial charge on any atom is 0.416 e. The van der Waals surface area contributed by atoms with Gasteiger partial charge < -0.3 is 5.32 Å². The molecule has 114 valence electrons. The number of nitrogens with one attached hydrogen (secondary N) is 1. The fourth-order valence-electron chi connectivity index (χ4n) is 1.87. The lowest BCUT2D eigenvalue weighted by molar-refractivity contribution is -0.137. The van der Waals surface area contributed by atoms with Crippen molar-refractivity contribution in [2.45, 2.75) is 13.1 Å². The third-order valence-electron chi connectivity index (χ3n) is 3.09. The summed E-state index contributed by atoms with van der Waals surface area (Å²) in [6, 6.07) is 6.58. The number of carbonyl (C=O) groups is 1. The Kier molecular flexibility index (Phi) is 4.30. The van der Waals surface area contributed by atoms with Crippen LogP contribution in [0.15, 0.2) is 43.1 Å². The number of pyridine rings is 1. The maximum atomic E-state index is 12.6. The molecule has 0 saturated heterocycles. The molecule has 3 nitrogen and oxygen atoms in total. The molecule has 1 aromatic heterocycles. The van der Waals surface area contributed by atoms with Crippen molar-refractivity contribution >= 4 is 17.8 Å². The quantitative estimate of drug-likeness (QED) is 0.918. The molecule has 0 bridgehead atoms. The number of alkyl halides is 3. The van der Waals surface area contributed by atoms with E-state index in [-0.39, 0.29) is 5.82 Å². The van der Waals surface area contributed by atoms with Gasteiger partial charge in [-0.25, -0.2) is 4.98 Å². The highest BCUT2D eigenvalue weighted by Gasteiger charge is 2.30. The van der Waals surface area contributed by atoms with Gasteiger partial charge in [0.25, 0.3) is 5.91 Å². The predicted molar refractivity (Wildman–Crippen MR) is 78.5 cm³/mol. The second-order valence-corrected chi connectivity index (χ2v) is 4.66. The second kappa shape index (κ2) is 6.01. The monoisotopic (exact) mass is 306 g/mol. The van der Waals surface area contributed by atoms with E-state index in [0.717, 1.165) is 29.5 Å². The van der Waals surface area contributed by atoms with E-state index in [1.165, 1.54) is 0 Å². The van der Waals surface area contributed by atoms with Crippen molar-refractivity contribution < 1.29 is 18.0 Å². The Bertz CT molecular complexity index is 724. The molecule has 0 unspecified atom stereocenters. The number of benzene rings is 1. The summed E-state index contributed by atoms with van der Waals surface area (Å²) in [6.07, 6.45) is -1.88. The lowest BCUT2D eigenvalue weighted by Crippen LogP contribution is -2.14. The van der Waals surface area contributed by atoms with Gasteiger partial charge in [0.1, 0.15) is 5.82 Å². The standard InChI is InChI=1S/C16H13F3N2O/c1-3-11-8-12(5-4-10(11)2)15(22)21-14-9-13(6-7-20-14)16(17,18)19/h3-9H,1H2,2H3,(H,20,21,22). The highest BCUT2D eigenvalue weighted by atomic mass is 19.4. The molecule has 0 aliphatic rings. The lowest BCUT2D eigenvalue weighted by atomic mass is 10.0. The Labute approximate surface area is 125 Å². The summed E-state index contributed by atoms with van der Waals surface area (Å²) in [7, 11) is 0. The van der Waals surface area contributed by atoms with Crippen LogP contribution >= 0.6 is 0 Å². The van der Waals surface area contributed by atoms with Crippen LogP contribution < -0.4 is 5.32 Å². The van der Waals surface area contributed by atoms with E-state index < -0.39 is 17.6 Å². The topological polar surface area (TPSA) is 42.0 Å². The SMILES string of the molecule is C=Cc1cc(C(=O)Nc2cc(C(F)(F)F)ccn2)ccc1C. The molecule has 1 aromatic carbocycles. The summed E-state index contributed by atoms with van der Waals surface area (Å²) in [4.78, 5) is 15.8. The van der Waals surface area contributed by atoms with Gasteiger partial charge in [-0.1, -0.05) is 18.7 Å². The van der Waals surface area contributed by atoms with Crippen LogP contribution in [0.4, 0.5) is 19.0 Å². The van der Waals surface area contributed by atoms with Crippen LogP contribution in [-0.4, -0.2) is 10.9 Å². The molecule has 0 fully saturated rings. The number of halogens is 3. The van der Waals surface area contributed by atoms with Gasteiger partial charge in [-0.15, -0.1) is 0 Å². The van der Waals surface area contributed by atoms with Crippen molar-refractivity contribution in [3.63, 3.8) is 0 Å². The van der Waals surface area contributed by atoms with E-state index in [2.05, 4.69) is 16.9 Å². The first-order valence-corrected chi connectivity index (χ1v) is 6.39. The molecule has 2 aromatic rings. The largest absolute Gasteiger partial charge is 0.416 e. The van der Waals surface area contributed by atoms with Crippen molar-refractivity contribution in [3.8, 4) is 0 Å². The molecular weight excluding hydrogens is 293 g/mol. The Hall–Kier alpha value is -2.63. The van der Waals surface area contributed by atoms with Gasteiger partial charge in [-0.2, -0.15) is 13.2 Å². The molecular formula is C16H13F3N2O. The van der Waals surface area contributed by atoms with Crippen LogP contribution in [0.3, 0.4) is 0 Å². The van der Waals surface area contributed by atoms with Crippen molar-refractivity contribution in [1.82, 2.24) is 4.98 Å². The highest BCUT2D eigenvalue weighted by molar-refractivity contribution is 6.04. The molecule has 0 atom stereocenters. The molecule has 0 saturated carbocycles. The number of hydrogen-bond acceptors (Lipinski definition) is 2. The van der Waals surface area contributed by atoms with Crippen LogP contribution in [0, 0.1) is 6.92 Å². The smallest absolute Gasteiger partial charge is 0.307 e. The minimum Gasteiger partial charge on any atom is -0.307 e. The normalized spacial score (nSPS) is 11.1. The molecule has 0 aliphatic carbocycles. The summed E-state index contributed by atoms with van der Waals surface area (Å²) >= 11 is 0. The number of rotatable bonds is 3. The summed E-state index contributed by atoms with van der Waals surface area (Å²) in [5.74, 6) is -0.685. The van der Waals surface area contributed by atoms with Gasteiger partial charge in [-0.05, 0) is 42.3 Å². The Morgan fingerprint density at radius 2 is 2.00 bits per heavy atom. The lowest BCUT2D eigenvalue weighted by Gasteiger charge is -2.10. The number of anilines is 1. The van der Waals surface area contributed by atoms with Gasteiger partial charge >= 0.3 is 6.18 Å². The average molecular weight is 306 g/mol. The number of amides is 1. The summed E-state index contributed by atoms with van der Waals surface area (Å²) < 4.78 is 37.9. The van der Waals surface area contributed by atoms with Crippen molar-refractivity contribution in [1.29, 1.82) is 0 Å². The molecule has 0 aliphatic heterocycles. The fourth-order valence-corrected chi connectivity index (χ4v) is 1.87. The molecule has 0 radical (unpaired) electrons. The molecule has 6 heteroatoms. The predicted octanol–water partition coefficient (Wildman–Crippen LogP) is 4.30. The number of aryl methyl sites for hydroxylation is 1. The fraction of sp³-hybridized carbons (Fsp3) is 0.125. The zero-order valence-electron chi connectivity index (χ0n) is 11.7. The minimum atomic E-state index is -4.48. The van der Waals surface area contributed by atoms with Gasteiger partial charge in [0.05, 0.1) is 5.56 Å². The van der Waals surface area contributed by atoms with Crippen LogP contribution in [0.25, 0.3) is 6.08 Å². The van der Waals surface area contributed by atoms with E-state index in [4.69, 9.17) is 0 Å². The summed E-state index contributed by atoms with van der Waals surface area (Å²) in [6.45, 7) is 5.51. The molecule has 22 heavy (non-hydrogen) atoms. The zero-order chi connectivity index (χ0) is 16.3. The van der Waals surface area contributed by atoms with Gasteiger partial charge in [-0.3, -0.25) is 4.79 Å². The molecule has 1 heterocycles. The van der Waals surface area contributed by atoms with E-state index >= 15 is 0 Å².